The van der Waals surface area contributed by atoms with E-state index in [0.29, 0.717) is 0 Å². The van der Waals surface area contributed by atoms with E-state index >= 15 is 0 Å². The summed E-state index contributed by atoms with van der Waals surface area (Å²) in [5, 5.41) is 7.83. The smallest absolute Gasteiger partial charge is 0.0991 e. The van der Waals surface area contributed by atoms with Crippen LogP contribution in [0.25, 0.3) is 0 Å². The topological polar surface area (TPSA) is 46.2 Å². The van der Waals surface area contributed by atoms with Gasteiger partial charge in [0, 0.05) is 0 Å². The normalized spacial score (nSPS) is 11.8. The quantitative estimate of drug-likeness (QED) is 0.461. The Labute approximate surface area is 103 Å². The van der Waals surface area contributed by atoms with Crippen molar-refractivity contribution in [1.29, 1.82) is 0 Å². The molecule has 3 N–H and O–H groups in total. The van der Waals surface area contributed by atoms with Gasteiger partial charge in [0.15, 0.2) is 0 Å². The summed E-state index contributed by atoms with van der Waals surface area (Å²) in [6.45, 7) is 6.06. The van der Waals surface area contributed by atoms with Crippen LogP contribution in [-0.4, -0.2) is 11.3 Å². The average molecular weight is 231 g/mol. The van der Waals surface area contributed by atoms with Crippen molar-refractivity contribution < 1.29 is 5.11 Å². The van der Waals surface area contributed by atoms with Crippen molar-refractivity contribution in [2.75, 3.05) is 0 Å². The maximum atomic E-state index is 7.83. The molecule has 0 aliphatic carbocycles. The molecule has 0 radical (unpaired) electrons. The summed E-state index contributed by atoms with van der Waals surface area (Å²) >= 11 is 0. The SMILES string of the molecule is CC(N)O.CCCCCCCCCCCC. The van der Waals surface area contributed by atoms with E-state index in [4.69, 9.17) is 5.11 Å². The Kier molecular flexibility index (Phi) is 19.8. The lowest BCUT2D eigenvalue weighted by atomic mass is 10.1. The lowest BCUT2D eigenvalue weighted by Crippen LogP contribution is -2.11. The van der Waals surface area contributed by atoms with E-state index in [9.17, 15) is 0 Å². The molecule has 100 valence electrons. The van der Waals surface area contributed by atoms with E-state index in [0.717, 1.165) is 0 Å². The van der Waals surface area contributed by atoms with Crippen molar-refractivity contribution in [1.82, 2.24) is 0 Å². The van der Waals surface area contributed by atoms with Gasteiger partial charge >= 0.3 is 0 Å². The van der Waals surface area contributed by atoms with Crippen LogP contribution in [0.1, 0.15) is 85.0 Å². The monoisotopic (exact) mass is 231 g/mol. The van der Waals surface area contributed by atoms with Crippen LogP contribution >= 0.6 is 0 Å². The standard InChI is InChI=1S/C12H26.C2H7NO/c1-3-5-7-9-11-12-10-8-6-4-2;1-2(3)4/h3-12H2,1-2H3;2,4H,3H2,1H3. The van der Waals surface area contributed by atoms with Crippen LogP contribution in [-0.2, 0) is 0 Å². The largest absolute Gasteiger partial charge is 0.379 e. The van der Waals surface area contributed by atoms with Crippen molar-refractivity contribution in [3.8, 4) is 0 Å². The fourth-order valence-corrected chi connectivity index (χ4v) is 1.56. The van der Waals surface area contributed by atoms with Crippen molar-refractivity contribution >= 4 is 0 Å². The van der Waals surface area contributed by atoms with E-state index in [1.807, 2.05) is 0 Å². The minimum absolute atomic E-state index is 0.667. The van der Waals surface area contributed by atoms with E-state index in [1.54, 1.807) is 0 Å². The summed E-state index contributed by atoms with van der Waals surface area (Å²) < 4.78 is 0. The van der Waals surface area contributed by atoms with Gasteiger partial charge in [-0.1, -0.05) is 78.1 Å². The molecule has 0 amide bonds. The van der Waals surface area contributed by atoms with Gasteiger partial charge in [-0.15, -0.1) is 0 Å². The lowest BCUT2D eigenvalue weighted by molar-refractivity contribution is 0.203. The zero-order chi connectivity index (χ0) is 12.6. The molecule has 0 aliphatic rings. The molecule has 0 saturated heterocycles. The third-order valence-corrected chi connectivity index (χ3v) is 2.46. The molecule has 0 aromatic heterocycles. The zero-order valence-corrected chi connectivity index (χ0v) is 11.7. The van der Waals surface area contributed by atoms with Gasteiger partial charge in [-0.25, -0.2) is 0 Å². The summed E-state index contributed by atoms with van der Waals surface area (Å²) in [5.41, 5.74) is 4.67. The molecule has 2 heteroatoms. The minimum atomic E-state index is -0.667. The molecule has 0 rings (SSSR count). The Morgan fingerprint density at radius 2 is 0.938 bits per heavy atom. The second-order valence-corrected chi connectivity index (χ2v) is 4.57. The molecule has 0 aromatic carbocycles. The van der Waals surface area contributed by atoms with Crippen LogP contribution < -0.4 is 5.73 Å². The van der Waals surface area contributed by atoms with Crippen LogP contribution in [0.15, 0.2) is 0 Å². The van der Waals surface area contributed by atoms with Gasteiger partial charge in [0.05, 0.1) is 6.23 Å². The Morgan fingerprint density at radius 3 is 1.12 bits per heavy atom. The second-order valence-electron chi connectivity index (χ2n) is 4.57. The van der Waals surface area contributed by atoms with Gasteiger partial charge in [-0.05, 0) is 6.92 Å². The Morgan fingerprint density at radius 1 is 0.750 bits per heavy atom. The third kappa shape index (κ3) is 29.2. The lowest BCUT2D eigenvalue weighted by Gasteiger charge is -1.99. The molecule has 0 saturated carbocycles. The van der Waals surface area contributed by atoms with Gasteiger partial charge in [0.2, 0.25) is 0 Å². The van der Waals surface area contributed by atoms with Crippen molar-refractivity contribution in [2.45, 2.75) is 91.2 Å². The molecule has 0 fully saturated rings. The van der Waals surface area contributed by atoms with Crippen molar-refractivity contribution in [2.24, 2.45) is 5.73 Å². The summed E-state index contributed by atoms with van der Waals surface area (Å²) in [6, 6.07) is 0. The molecular formula is C14H33NO. The first-order chi connectivity index (χ1) is 7.65. The highest BCUT2D eigenvalue weighted by Gasteiger charge is 1.90. The number of nitrogens with two attached hydrogens (primary N) is 1. The maximum Gasteiger partial charge on any atom is 0.0991 e. The summed E-state index contributed by atoms with van der Waals surface area (Å²) in [6.07, 6.45) is 13.8. The van der Waals surface area contributed by atoms with Gasteiger partial charge in [0.25, 0.3) is 0 Å². The highest BCUT2D eigenvalue weighted by Crippen LogP contribution is 2.09. The molecule has 0 spiro atoms. The average Bonchev–Trinajstić information content (AvgIpc) is 2.21. The van der Waals surface area contributed by atoms with Gasteiger partial charge < -0.3 is 10.8 Å². The number of rotatable bonds is 9. The van der Waals surface area contributed by atoms with Crippen LogP contribution in [0.3, 0.4) is 0 Å². The first-order valence-electron chi connectivity index (χ1n) is 7.08. The third-order valence-electron chi connectivity index (χ3n) is 2.46. The van der Waals surface area contributed by atoms with E-state index in [2.05, 4.69) is 19.6 Å². The predicted molar refractivity (Wildman–Crippen MR) is 73.4 cm³/mol. The predicted octanol–water partition coefficient (Wildman–Crippen LogP) is 4.21. The summed E-state index contributed by atoms with van der Waals surface area (Å²) in [7, 11) is 0. The summed E-state index contributed by atoms with van der Waals surface area (Å²) in [5.74, 6) is 0. The molecule has 16 heavy (non-hydrogen) atoms. The number of hydrogen-bond acceptors (Lipinski definition) is 2. The maximum absolute atomic E-state index is 7.83. The van der Waals surface area contributed by atoms with Gasteiger partial charge in [0.1, 0.15) is 0 Å². The molecule has 0 aromatic rings. The number of hydrogen-bond donors (Lipinski definition) is 2. The highest BCUT2D eigenvalue weighted by atomic mass is 16.3. The highest BCUT2D eigenvalue weighted by molar-refractivity contribution is 4.45. The summed E-state index contributed by atoms with van der Waals surface area (Å²) in [4.78, 5) is 0. The van der Waals surface area contributed by atoms with Crippen LogP contribution in [0.5, 0.6) is 0 Å². The fourth-order valence-electron chi connectivity index (χ4n) is 1.56. The Bertz CT molecular complexity index is 92.2. The second kappa shape index (κ2) is 17.3. The first-order valence-corrected chi connectivity index (χ1v) is 7.08. The van der Waals surface area contributed by atoms with E-state index in [-0.39, 0.29) is 0 Å². The van der Waals surface area contributed by atoms with Crippen molar-refractivity contribution in [3.05, 3.63) is 0 Å². The van der Waals surface area contributed by atoms with Crippen molar-refractivity contribution in [3.63, 3.8) is 0 Å². The first kappa shape index (κ1) is 18.3. The molecule has 0 aliphatic heterocycles. The molecule has 1 unspecified atom stereocenters. The van der Waals surface area contributed by atoms with Crippen LogP contribution in [0, 0.1) is 0 Å². The van der Waals surface area contributed by atoms with Gasteiger partial charge in [-0.3, -0.25) is 0 Å². The molecule has 2 nitrogen and oxygen atoms in total. The molecular weight excluding hydrogens is 198 g/mol. The van der Waals surface area contributed by atoms with Gasteiger partial charge in [-0.2, -0.15) is 0 Å². The van der Waals surface area contributed by atoms with Crippen LogP contribution in [0.2, 0.25) is 0 Å². The minimum Gasteiger partial charge on any atom is -0.379 e. The van der Waals surface area contributed by atoms with Crippen LogP contribution in [0.4, 0.5) is 0 Å². The zero-order valence-electron chi connectivity index (χ0n) is 11.7. The van der Waals surface area contributed by atoms with E-state index in [1.165, 1.54) is 71.1 Å². The molecule has 1 atom stereocenters. The molecule has 0 heterocycles. The fraction of sp³-hybridized carbons (Fsp3) is 1.00. The Hall–Kier alpha value is -0.0800. The molecule has 0 bridgehead atoms. The number of aliphatic hydroxyl groups excluding tert-OH is 1. The number of aliphatic hydroxyl groups is 1. The number of unbranched alkanes of at least 4 members (excludes halogenated alkanes) is 9. The van der Waals surface area contributed by atoms with E-state index < -0.39 is 6.23 Å². The Balaban J connectivity index is 0.